The average molecular weight is 461 g/mol. The summed E-state index contributed by atoms with van der Waals surface area (Å²) in [4.78, 5) is 0. The topological polar surface area (TPSA) is 36.9 Å². The summed E-state index contributed by atoms with van der Waals surface area (Å²) >= 11 is 0. The van der Waals surface area contributed by atoms with E-state index in [1.165, 1.54) is 11.6 Å². The number of hydrogen-bond acceptors (Lipinski definition) is 4. The first-order chi connectivity index (χ1) is 15.2. The van der Waals surface area contributed by atoms with Crippen LogP contribution in [-0.2, 0) is 18.9 Å². The van der Waals surface area contributed by atoms with Gasteiger partial charge in [-0.3, -0.25) is 0 Å². The third kappa shape index (κ3) is 6.76. The van der Waals surface area contributed by atoms with E-state index in [4.69, 9.17) is 18.9 Å². The molecule has 0 aromatic rings. The van der Waals surface area contributed by atoms with E-state index in [9.17, 15) is 17.6 Å². The minimum absolute atomic E-state index is 0.0421. The Morgan fingerprint density at radius 2 is 1.69 bits per heavy atom. The van der Waals surface area contributed by atoms with E-state index in [1.807, 2.05) is 25.2 Å². The van der Waals surface area contributed by atoms with E-state index >= 15 is 0 Å². The highest BCUT2D eigenvalue weighted by Crippen LogP contribution is 2.39. The molecule has 8 heteroatoms. The van der Waals surface area contributed by atoms with Crippen LogP contribution in [0.1, 0.15) is 51.9 Å². The normalized spacial score (nSPS) is 30.2. The van der Waals surface area contributed by atoms with Crippen molar-refractivity contribution in [3.05, 3.63) is 48.1 Å². The zero-order chi connectivity index (χ0) is 23.2. The lowest BCUT2D eigenvalue weighted by Crippen LogP contribution is -2.47. The number of ether oxygens (including phenoxy) is 4. The van der Waals surface area contributed by atoms with Gasteiger partial charge in [-0.1, -0.05) is 36.0 Å². The molecular weight excluding hydrogens is 428 g/mol. The monoisotopic (exact) mass is 460 g/mol. The van der Waals surface area contributed by atoms with E-state index in [1.54, 1.807) is 6.08 Å². The minimum atomic E-state index is -3.67. The summed E-state index contributed by atoms with van der Waals surface area (Å²) in [5.74, 6) is -0.149. The summed E-state index contributed by atoms with van der Waals surface area (Å²) < 4.78 is 78.2. The molecule has 1 fully saturated rings. The maximum Gasteiger partial charge on any atom is 0.406 e. The van der Waals surface area contributed by atoms with Crippen molar-refractivity contribution in [1.29, 1.82) is 0 Å². The predicted octanol–water partition coefficient (Wildman–Crippen LogP) is 6.30. The first-order valence-electron chi connectivity index (χ1n) is 11.2. The van der Waals surface area contributed by atoms with Gasteiger partial charge in [0, 0.05) is 11.5 Å². The molecule has 0 aromatic carbocycles. The molecule has 2 unspecified atom stereocenters. The molecule has 1 saturated heterocycles. The van der Waals surface area contributed by atoms with Crippen molar-refractivity contribution >= 4 is 0 Å². The van der Waals surface area contributed by atoms with Crippen LogP contribution in [0.25, 0.3) is 0 Å². The Kier molecular flexibility index (Phi) is 8.72. The van der Waals surface area contributed by atoms with Crippen molar-refractivity contribution in [2.24, 2.45) is 5.92 Å². The third-order valence-corrected chi connectivity index (χ3v) is 5.98. The maximum absolute atomic E-state index is 14.7. The molecule has 1 aliphatic heterocycles. The van der Waals surface area contributed by atoms with Crippen molar-refractivity contribution in [2.45, 2.75) is 82.6 Å². The molecule has 0 aromatic heterocycles. The van der Waals surface area contributed by atoms with Gasteiger partial charge in [0.2, 0.25) is 0 Å². The van der Waals surface area contributed by atoms with Gasteiger partial charge >= 0.3 is 12.2 Å². The molecule has 2 aliphatic carbocycles. The Labute approximate surface area is 186 Å². The van der Waals surface area contributed by atoms with Gasteiger partial charge in [-0.25, -0.2) is 0 Å². The first kappa shape index (κ1) is 25.1. The molecular formula is C24H32F4O4. The molecule has 0 N–H and O–H groups in total. The Balaban J connectivity index is 1.48. The van der Waals surface area contributed by atoms with Gasteiger partial charge in [0.05, 0.1) is 25.4 Å². The molecule has 32 heavy (non-hydrogen) atoms. The fraction of sp³-hybridized carbons (Fsp3) is 0.667. The zero-order valence-corrected chi connectivity index (χ0v) is 18.4. The van der Waals surface area contributed by atoms with Crippen LogP contribution in [0, 0.1) is 5.92 Å². The molecule has 3 rings (SSSR count). The number of alkyl halides is 4. The quantitative estimate of drug-likeness (QED) is 0.299. The first-order valence-corrected chi connectivity index (χ1v) is 11.2. The van der Waals surface area contributed by atoms with Gasteiger partial charge in [0.1, 0.15) is 0 Å². The number of halogens is 4. The Morgan fingerprint density at radius 1 is 1.03 bits per heavy atom. The van der Waals surface area contributed by atoms with Crippen molar-refractivity contribution in [3.8, 4) is 0 Å². The summed E-state index contributed by atoms with van der Waals surface area (Å²) in [6.45, 7) is 5.66. The molecule has 0 spiro atoms. The SMILES string of the molecule is C=CC1COC(C(F)(F)OC2CC=C(C(F)(F)OC3CC=C(C/C=C\C)CC3)CC2)OC1. The molecule has 0 bridgehead atoms. The van der Waals surface area contributed by atoms with E-state index in [0.717, 1.165) is 12.8 Å². The lowest BCUT2D eigenvalue weighted by atomic mass is 9.94. The Bertz CT molecular complexity index is 724. The average Bonchev–Trinajstić information content (AvgIpc) is 2.78. The second-order valence-electron chi connectivity index (χ2n) is 8.47. The summed E-state index contributed by atoms with van der Waals surface area (Å²) in [5.41, 5.74) is 1.05. The van der Waals surface area contributed by atoms with Crippen molar-refractivity contribution < 1.29 is 36.5 Å². The Hall–Kier alpha value is -1.48. The highest BCUT2D eigenvalue weighted by Gasteiger charge is 2.48. The van der Waals surface area contributed by atoms with Crippen molar-refractivity contribution in [2.75, 3.05) is 13.2 Å². The number of hydrogen-bond donors (Lipinski definition) is 0. The van der Waals surface area contributed by atoms with Crippen LogP contribution >= 0.6 is 0 Å². The molecule has 1 heterocycles. The lowest BCUT2D eigenvalue weighted by molar-refractivity contribution is -0.387. The largest absolute Gasteiger partial charge is 0.406 e. The molecule has 4 nitrogen and oxygen atoms in total. The smallest absolute Gasteiger partial charge is 0.344 e. The standard InChI is InChI=1S/C24H32F4O4/c1-3-5-6-18-7-11-20(12-8-18)31-23(25,26)19-9-13-21(14-10-19)32-24(27,28)22-29-15-17(4-2)16-30-22/h3-5,7,9,17,20-22H,2,6,8,10-16H2,1H3/b5-3-. The summed E-state index contributed by atoms with van der Waals surface area (Å²) in [7, 11) is 0. The fourth-order valence-corrected chi connectivity index (χ4v) is 4.02. The van der Waals surface area contributed by atoms with Crippen LogP contribution < -0.4 is 0 Å². The molecule has 3 aliphatic rings. The zero-order valence-electron chi connectivity index (χ0n) is 18.4. The molecule has 2 atom stereocenters. The van der Waals surface area contributed by atoms with Crippen LogP contribution in [0.2, 0.25) is 0 Å². The van der Waals surface area contributed by atoms with Crippen molar-refractivity contribution in [3.63, 3.8) is 0 Å². The summed E-state index contributed by atoms with van der Waals surface area (Å²) in [6, 6.07) is 0. The predicted molar refractivity (Wildman–Crippen MR) is 112 cm³/mol. The maximum atomic E-state index is 14.7. The van der Waals surface area contributed by atoms with E-state index in [2.05, 4.69) is 6.58 Å². The summed E-state index contributed by atoms with van der Waals surface area (Å²) in [5, 5.41) is 0. The van der Waals surface area contributed by atoms with Gasteiger partial charge in [-0.2, -0.15) is 17.6 Å². The van der Waals surface area contributed by atoms with Gasteiger partial charge in [-0.15, -0.1) is 6.58 Å². The second-order valence-corrected chi connectivity index (χ2v) is 8.47. The van der Waals surface area contributed by atoms with E-state index in [-0.39, 0.29) is 44.0 Å². The van der Waals surface area contributed by atoms with Crippen LogP contribution in [0.5, 0.6) is 0 Å². The number of allylic oxidation sites excluding steroid dienone is 3. The highest BCUT2D eigenvalue weighted by atomic mass is 19.3. The highest BCUT2D eigenvalue weighted by molar-refractivity contribution is 5.15. The molecule has 0 saturated carbocycles. The van der Waals surface area contributed by atoms with Crippen molar-refractivity contribution in [1.82, 2.24) is 0 Å². The Morgan fingerprint density at radius 3 is 2.25 bits per heavy atom. The van der Waals surface area contributed by atoms with Gasteiger partial charge < -0.3 is 18.9 Å². The minimum Gasteiger partial charge on any atom is -0.344 e. The second kappa shape index (κ2) is 11.1. The van der Waals surface area contributed by atoms with Crippen LogP contribution in [0.4, 0.5) is 17.6 Å². The third-order valence-electron chi connectivity index (χ3n) is 5.98. The van der Waals surface area contributed by atoms with Crippen LogP contribution in [-0.4, -0.2) is 43.9 Å². The van der Waals surface area contributed by atoms with Gasteiger partial charge in [0.25, 0.3) is 6.29 Å². The lowest BCUT2D eigenvalue weighted by Gasteiger charge is -2.35. The van der Waals surface area contributed by atoms with E-state index in [0.29, 0.717) is 12.8 Å². The summed E-state index contributed by atoms with van der Waals surface area (Å²) in [6.07, 6.45) is 0.933. The van der Waals surface area contributed by atoms with Crippen LogP contribution in [0.3, 0.4) is 0 Å². The molecule has 180 valence electrons. The molecule has 0 amide bonds. The van der Waals surface area contributed by atoms with Crippen LogP contribution in [0.15, 0.2) is 48.1 Å². The molecule has 0 radical (unpaired) electrons. The number of rotatable bonds is 9. The van der Waals surface area contributed by atoms with Gasteiger partial charge in [-0.05, 0) is 51.9 Å². The van der Waals surface area contributed by atoms with E-state index < -0.39 is 30.7 Å². The van der Waals surface area contributed by atoms with Gasteiger partial charge in [0.15, 0.2) is 0 Å². The fourth-order valence-electron chi connectivity index (χ4n) is 4.02.